The van der Waals surface area contributed by atoms with Gasteiger partial charge in [-0.3, -0.25) is 0 Å². The van der Waals surface area contributed by atoms with Crippen LogP contribution >= 0.6 is 11.8 Å². The van der Waals surface area contributed by atoms with Gasteiger partial charge in [-0.15, -0.1) is 11.8 Å². The van der Waals surface area contributed by atoms with Gasteiger partial charge in [0.2, 0.25) is 0 Å². The summed E-state index contributed by atoms with van der Waals surface area (Å²) in [6, 6.07) is 2.80. The minimum atomic E-state index is -0.468. The molecule has 0 aromatic heterocycles. The first-order valence-electron chi connectivity index (χ1n) is 6.49. The fourth-order valence-electron chi connectivity index (χ4n) is 1.58. The Bertz CT molecular complexity index is 365. The zero-order chi connectivity index (χ0) is 14.1. The lowest BCUT2D eigenvalue weighted by molar-refractivity contribution is 0.199. The number of methoxy groups -OCH3 is 1. The number of rotatable bonds is 9. The Hall–Kier alpha value is -0.650. The largest absolute Gasteiger partial charge is 0.383 e. The van der Waals surface area contributed by atoms with Crippen LogP contribution < -0.4 is 5.32 Å². The fraction of sp³-hybridized carbons (Fsp3) is 0.571. The number of hydrogen-bond donors (Lipinski definition) is 1. The molecule has 1 aromatic carbocycles. The first-order chi connectivity index (χ1) is 9.19. The quantitative estimate of drug-likeness (QED) is 0.554. The van der Waals surface area contributed by atoms with Crippen molar-refractivity contribution in [1.82, 2.24) is 5.32 Å². The van der Waals surface area contributed by atoms with Crippen LogP contribution in [0.25, 0.3) is 0 Å². The lowest BCUT2D eigenvalue weighted by Gasteiger charge is -2.08. The topological polar surface area (TPSA) is 21.3 Å². The van der Waals surface area contributed by atoms with E-state index < -0.39 is 11.6 Å². The SMILES string of the molecule is CCCCSc1c(F)cc(CNCCOC)cc1F. The van der Waals surface area contributed by atoms with Gasteiger partial charge in [0.1, 0.15) is 11.6 Å². The third-order valence-corrected chi connectivity index (χ3v) is 3.79. The Balaban J connectivity index is 2.57. The lowest BCUT2D eigenvalue weighted by atomic mass is 10.2. The van der Waals surface area contributed by atoms with Gasteiger partial charge in [-0.1, -0.05) is 13.3 Å². The van der Waals surface area contributed by atoms with Crippen LogP contribution in [0.5, 0.6) is 0 Å². The van der Waals surface area contributed by atoms with Crippen LogP contribution in [0.15, 0.2) is 17.0 Å². The molecule has 0 radical (unpaired) electrons. The molecule has 1 rings (SSSR count). The van der Waals surface area contributed by atoms with Crippen LogP contribution in [0.3, 0.4) is 0 Å². The Morgan fingerprint density at radius 3 is 2.53 bits per heavy atom. The normalized spacial score (nSPS) is 10.9. The van der Waals surface area contributed by atoms with Crippen molar-refractivity contribution in [2.75, 3.05) is 26.0 Å². The van der Waals surface area contributed by atoms with E-state index in [1.54, 1.807) is 7.11 Å². The number of nitrogens with one attached hydrogen (secondary N) is 1. The average molecular weight is 289 g/mol. The second kappa shape index (κ2) is 9.28. The van der Waals surface area contributed by atoms with Crippen molar-refractivity contribution in [1.29, 1.82) is 0 Å². The maximum absolute atomic E-state index is 13.8. The summed E-state index contributed by atoms with van der Waals surface area (Å²) < 4.78 is 32.5. The smallest absolute Gasteiger partial charge is 0.140 e. The van der Waals surface area contributed by atoms with E-state index in [1.807, 2.05) is 0 Å². The van der Waals surface area contributed by atoms with Crippen LogP contribution in [0, 0.1) is 11.6 Å². The number of benzene rings is 1. The van der Waals surface area contributed by atoms with E-state index in [-0.39, 0.29) is 4.90 Å². The molecule has 0 atom stereocenters. The Labute approximate surface area is 117 Å². The molecule has 0 aliphatic heterocycles. The molecule has 2 nitrogen and oxygen atoms in total. The van der Waals surface area contributed by atoms with Crippen molar-refractivity contribution in [2.45, 2.75) is 31.2 Å². The predicted octanol–water partition coefficient (Wildman–Crippen LogP) is 3.59. The molecule has 0 spiro atoms. The van der Waals surface area contributed by atoms with Crippen molar-refractivity contribution in [3.63, 3.8) is 0 Å². The molecule has 108 valence electrons. The minimum absolute atomic E-state index is 0.133. The van der Waals surface area contributed by atoms with E-state index in [9.17, 15) is 8.78 Å². The van der Waals surface area contributed by atoms with E-state index in [4.69, 9.17) is 4.74 Å². The summed E-state index contributed by atoms with van der Waals surface area (Å²) in [5, 5.41) is 3.06. The minimum Gasteiger partial charge on any atom is -0.383 e. The molecule has 0 aliphatic carbocycles. The van der Waals surface area contributed by atoms with Crippen LogP contribution in [-0.2, 0) is 11.3 Å². The number of halogens is 2. The second-order valence-corrected chi connectivity index (χ2v) is 5.37. The van der Waals surface area contributed by atoms with Gasteiger partial charge in [0.25, 0.3) is 0 Å². The molecule has 0 unspecified atom stereocenters. The zero-order valence-electron chi connectivity index (χ0n) is 11.5. The summed E-state index contributed by atoms with van der Waals surface area (Å²) in [5.41, 5.74) is 0.617. The highest BCUT2D eigenvalue weighted by atomic mass is 32.2. The highest BCUT2D eigenvalue weighted by molar-refractivity contribution is 7.99. The summed E-state index contributed by atoms with van der Waals surface area (Å²) in [6.45, 7) is 3.74. The monoisotopic (exact) mass is 289 g/mol. The van der Waals surface area contributed by atoms with Crippen molar-refractivity contribution >= 4 is 11.8 Å². The van der Waals surface area contributed by atoms with E-state index in [2.05, 4.69) is 12.2 Å². The lowest BCUT2D eigenvalue weighted by Crippen LogP contribution is -2.18. The van der Waals surface area contributed by atoms with Crippen molar-refractivity contribution in [3.05, 3.63) is 29.3 Å². The van der Waals surface area contributed by atoms with E-state index in [0.29, 0.717) is 25.3 Å². The summed E-state index contributed by atoms with van der Waals surface area (Å²) in [5.74, 6) is -0.190. The molecule has 19 heavy (non-hydrogen) atoms. The van der Waals surface area contributed by atoms with Crippen LogP contribution in [0.4, 0.5) is 8.78 Å². The van der Waals surface area contributed by atoms with Gasteiger partial charge in [0, 0.05) is 20.2 Å². The third-order valence-electron chi connectivity index (χ3n) is 2.61. The summed E-state index contributed by atoms with van der Waals surface area (Å²) in [4.78, 5) is 0.133. The highest BCUT2D eigenvalue weighted by Gasteiger charge is 2.11. The zero-order valence-corrected chi connectivity index (χ0v) is 12.3. The highest BCUT2D eigenvalue weighted by Crippen LogP contribution is 2.27. The van der Waals surface area contributed by atoms with Gasteiger partial charge in [-0.25, -0.2) is 8.78 Å². The summed E-state index contributed by atoms with van der Waals surface area (Å²) >= 11 is 1.25. The van der Waals surface area contributed by atoms with Gasteiger partial charge in [-0.05, 0) is 29.9 Å². The summed E-state index contributed by atoms with van der Waals surface area (Å²) in [7, 11) is 1.61. The molecule has 0 aliphatic rings. The van der Waals surface area contributed by atoms with Crippen LogP contribution in [0.2, 0.25) is 0 Å². The molecule has 0 heterocycles. The number of ether oxygens (including phenoxy) is 1. The van der Waals surface area contributed by atoms with Gasteiger partial charge >= 0.3 is 0 Å². The number of hydrogen-bond acceptors (Lipinski definition) is 3. The number of unbranched alkanes of at least 4 members (excludes halogenated alkanes) is 1. The van der Waals surface area contributed by atoms with Gasteiger partial charge in [0.05, 0.1) is 11.5 Å². The number of thioether (sulfide) groups is 1. The Morgan fingerprint density at radius 2 is 1.95 bits per heavy atom. The van der Waals surface area contributed by atoms with Gasteiger partial charge in [-0.2, -0.15) is 0 Å². The standard InChI is InChI=1S/C14H21F2NOS/c1-3-4-7-19-14-12(15)8-11(9-13(14)16)10-17-5-6-18-2/h8-9,17H,3-7,10H2,1-2H3. The molecule has 0 bridgehead atoms. The predicted molar refractivity (Wildman–Crippen MR) is 75.6 cm³/mol. The first-order valence-corrected chi connectivity index (χ1v) is 7.48. The van der Waals surface area contributed by atoms with Gasteiger partial charge in [0.15, 0.2) is 0 Å². The van der Waals surface area contributed by atoms with Crippen LogP contribution in [-0.4, -0.2) is 26.0 Å². The molecule has 5 heteroatoms. The maximum atomic E-state index is 13.8. The van der Waals surface area contributed by atoms with Crippen molar-refractivity contribution in [2.24, 2.45) is 0 Å². The average Bonchev–Trinajstić information content (AvgIpc) is 2.38. The summed E-state index contributed by atoms with van der Waals surface area (Å²) in [6.07, 6.45) is 1.99. The molecular formula is C14H21F2NOS. The first kappa shape index (κ1) is 16.4. The van der Waals surface area contributed by atoms with E-state index in [0.717, 1.165) is 18.6 Å². The van der Waals surface area contributed by atoms with E-state index >= 15 is 0 Å². The van der Waals surface area contributed by atoms with E-state index in [1.165, 1.54) is 23.9 Å². The molecule has 0 fully saturated rings. The second-order valence-electron chi connectivity index (χ2n) is 4.26. The Morgan fingerprint density at radius 1 is 1.26 bits per heavy atom. The molecule has 0 saturated heterocycles. The fourth-order valence-corrected chi connectivity index (χ4v) is 2.61. The molecule has 1 N–H and O–H groups in total. The molecular weight excluding hydrogens is 268 g/mol. The molecule has 1 aromatic rings. The third kappa shape index (κ3) is 5.89. The van der Waals surface area contributed by atoms with Crippen LogP contribution in [0.1, 0.15) is 25.3 Å². The molecule has 0 saturated carbocycles. The van der Waals surface area contributed by atoms with Crippen molar-refractivity contribution < 1.29 is 13.5 Å². The molecule has 0 amide bonds. The maximum Gasteiger partial charge on any atom is 0.140 e. The Kier molecular flexibility index (Phi) is 8.02. The van der Waals surface area contributed by atoms with Gasteiger partial charge < -0.3 is 10.1 Å². The van der Waals surface area contributed by atoms with Crippen molar-refractivity contribution in [3.8, 4) is 0 Å².